The lowest BCUT2D eigenvalue weighted by Gasteiger charge is -2.24. The smallest absolute Gasteiger partial charge is 0.310 e. The molecular formula is C38H56N12O12. The highest BCUT2D eigenvalue weighted by Gasteiger charge is 2.30. The van der Waals surface area contributed by atoms with Crippen LogP contribution in [0.1, 0.15) is 56.6 Å². The zero-order valence-electron chi connectivity index (χ0n) is 34.2. The quantitative estimate of drug-likeness (QED) is 0.0220. The van der Waals surface area contributed by atoms with Crippen LogP contribution >= 0.6 is 0 Å². The Morgan fingerprint density at radius 2 is 1.24 bits per heavy atom. The largest absolute Gasteiger partial charge is 0.502 e. The number of nitrogens with one attached hydrogen (secondary N) is 7. The Kier molecular flexibility index (Phi) is 22.5. The molecule has 0 fully saturated rings. The first-order valence-corrected chi connectivity index (χ1v) is 19.7. The zero-order chi connectivity index (χ0) is 46.2. The SMILES string of the molecule is CC(=O)N[C@@H](CO)C(=O)N[C@@H](CCCCN)C(=O)NCC(=O)N[C@@H](Cc1cccnc1)C(=O)N[C@@H](Cc1ccc(O)c([N+](=O)[O-])c1)C(=O)NCC(=O)N[C@@H](CCCCN)C(N)=O. The summed E-state index contributed by atoms with van der Waals surface area (Å²) in [6.07, 6.45) is 4.46. The van der Waals surface area contributed by atoms with Gasteiger partial charge in [-0.15, -0.1) is 0 Å². The summed E-state index contributed by atoms with van der Waals surface area (Å²) in [5.74, 6) is -7.33. The van der Waals surface area contributed by atoms with Gasteiger partial charge >= 0.3 is 5.69 Å². The van der Waals surface area contributed by atoms with E-state index in [0.29, 0.717) is 37.8 Å². The number of phenols is 1. The maximum Gasteiger partial charge on any atom is 0.310 e. The first-order chi connectivity index (χ1) is 29.5. The molecule has 0 bridgehead atoms. The molecule has 0 saturated heterocycles. The van der Waals surface area contributed by atoms with Crippen LogP contribution in [0.15, 0.2) is 42.7 Å². The van der Waals surface area contributed by atoms with E-state index in [1.807, 2.05) is 0 Å². The van der Waals surface area contributed by atoms with E-state index in [1.165, 1.54) is 18.5 Å². The minimum atomic E-state index is -1.55. The molecular weight excluding hydrogens is 816 g/mol. The van der Waals surface area contributed by atoms with E-state index in [4.69, 9.17) is 17.2 Å². The van der Waals surface area contributed by atoms with Crippen LogP contribution in [0.5, 0.6) is 5.75 Å². The number of nitrogens with two attached hydrogens (primary N) is 3. The minimum absolute atomic E-state index is 0.0798. The number of hydrogen-bond acceptors (Lipinski definition) is 15. The standard InChI is InChI=1S/C38H56N12O12/c1-22(52)45-29(21-51)38(60)48-26(9-3-5-13-40)35(57)43-20-33(55)47-28(16-24-7-6-14-42-18-24)37(59)49-27(15-23-10-11-31(53)30(17-23)50(61)62)36(58)44-19-32(54)46-25(34(41)56)8-2-4-12-39/h6-7,10-11,14,17-18,25-29,51,53H,2-5,8-9,12-13,15-16,19-21,39-40H2,1H3,(H2,41,56)(H,43,57)(H,44,58)(H,45,52)(H,46,54)(H,47,55)(H,48,60)(H,49,59)/t25-,26-,27-,28-,29-/m0/s1. The fraction of sp³-hybridized carbons (Fsp3) is 0.500. The molecule has 0 aliphatic rings. The van der Waals surface area contributed by atoms with Gasteiger partial charge in [-0.25, -0.2) is 0 Å². The number of carbonyl (C=O) groups excluding carboxylic acids is 8. The van der Waals surface area contributed by atoms with Crippen LogP contribution in [0.2, 0.25) is 0 Å². The van der Waals surface area contributed by atoms with Crippen molar-refractivity contribution in [2.75, 3.05) is 32.8 Å². The van der Waals surface area contributed by atoms with E-state index in [9.17, 15) is 58.7 Å². The molecule has 2 rings (SSSR count). The Morgan fingerprint density at radius 3 is 1.77 bits per heavy atom. The highest BCUT2D eigenvalue weighted by molar-refractivity contribution is 5.96. The van der Waals surface area contributed by atoms with Crippen LogP contribution in [0.3, 0.4) is 0 Å². The van der Waals surface area contributed by atoms with E-state index < -0.39 is 120 Å². The third-order valence-corrected chi connectivity index (χ3v) is 9.05. The van der Waals surface area contributed by atoms with Crippen molar-refractivity contribution >= 4 is 52.9 Å². The number of amides is 8. The first kappa shape index (κ1) is 51.4. The molecule has 0 aliphatic heterocycles. The Morgan fingerprint density at radius 1 is 0.710 bits per heavy atom. The van der Waals surface area contributed by atoms with Crippen molar-refractivity contribution in [3.63, 3.8) is 0 Å². The third kappa shape index (κ3) is 18.6. The lowest BCUT2D eigenvalue weighted by molar-refractivity contribution is -0.385. The maximum atomic E-state index is 14.0. The van der Waals surface area contributed by atoms with Crippen LogP contribution in [0.4, 0.5) is 5.69 Å². The number of nitro groups is 1. The van der Waals surface area contributed by atoms with Crippen molar-refractivity contribution in [2.45, 2.75) is 88.5 Å². The van der Waals surface area contributed by atoms with E-state index in [-0.39, 0.29) is 31.4 Å². The summed E-state index contributed by atoms with van der Waals surface area (Å²) >= 11 is 0. The van der Waals surface area contributed by atoms with Gasteiger partial charge in [-0.3, -0.25) is 53.5 Å². The molecule has 0 radical (unpaired) electrons. The number of aromatic hydroxyl groups is 1. The number of rotatable bonds is 28. The molecule has 8 amide bonds. The molecule has 15 N–H and O–H groups in total. The predicted octanol–water partition coefficient (Wildman–Crippen LogP) is -4.11. The fourth-order valence-electron chi connectivity index (χ4n) is 5.85. The monoisotopic (exact) mass is 872 g/mol. The molecule has 2 aromatic rings. The van der Waals surface area contributed by atoms with E-state index in [1.54, 1.807) is 12.1 Å². The van der Waals surface area contributed by atoms with Crippen LogP contribution in [0, 0.1) is 10.1 Å². The highest BCUT2D eigenvalue weighted by Crippen LogP contribution is 2.27. The molecule has 1 heterocycles. The molecule has 1 aromatic heterocycles. The van der Waals surface area contributed by atoms with Gasteiger partial charge in [0, 0.05) is 38.2 Å². The van der Waals surface area contributed by atoms with Gasteiger partial charge in [-0.05, 0) is 74.9 Å². The third-order valence-electron chi connectivity index (χ3n) is 9.05. The number of primary amides is 1. The average Bonchev–Trinajstić information content (AvgIpc) is 3.23. The van der Waals surface area contributed by atoms with Crippen molar-refractivity contribution < 1.29 is 53.5 Å². The Bertz CT molecular complexity index is 1870. The van der Waals surface area contributed by atoms with Crippen molar-refractivity contribution in [3.8, 4) is 5.75 Å². The van der Waals surface area contributed by atoms with Gasteiger partial charge in [-0.2, -0.15) is 0 Å². The van der Waals surface area contributed by atoms with Crippen molar-refractivity contribution in [1.82, 2.24) is 42.2 Å². The van der Waals surface area contributed by atoms with Crippen LogP contribution < -0.4 is 54.4 Å². The number of benzene rings is 1. The Labute approximate surface area is 356 Å². The van der Waals surface area contributed by atoms with Gasteiger partial charge in [-0.1, -0.05) is 12.1 Å². The van der Waals surface area contributed by atoms with Gasteiger partial charge in [0.05, 0.1) is 24.6 Å². The lowest BCUT2D eigenvalue weighted by Crippen LogP contribution is -2.57. The molecule has 0 spiro atoms. The number of aromatic nitrogens is 1. The van der Waals surface area contributed by atoms with Crippen LogP contribution in [-0.4, -0.2) is 130 Å². The topological polar surface area (TPSA) is 395 Å². The number of carbonyl (C=O) groups is 8. The summed E-state index contributed by atoms with van der Waals surface area (Å²) in [7, 11) is 0. The Balaban J connectivity index is 2.33. The highest BCUT2D eigenvalue weighted by atomic mass is 16.6. The summed E-state index contributed by atoms with van der Waals surface area (Å²) in [6, 6.07) is -0.175. The van der Waals surface area contributed by atoms with Crippen LogP contribution in [0.25, 0.3) is 0 Å². The normalized spacial score (nSPS) is 13.2. The summed E-state index contributed by atoms with van der Waals surface area (Å²) < 4.78 is 0. The summed E-state index contributed by atoms with van der Waals surface area (Å²) in [5, 5.41) is 48.0. The number of pyridine rings is 1. The number of unbranched alkanes of at least 4 members (excludes halogenated alkanes) is 2. The molecule has 0 aliphatic carbocycles. The second kappa shape index (κ2) is 27.1. The molecule has 62 heavy (non-hydrogen) atoms. The van der Waals surface area contributed by atoms with Gasteiger partial charge in [0.15, 0.2) is 5.75 Å². The molecule has 24 heteroatoms. The molecule has 24 nitrogen and oxygen atoms in total. The predicted molar refractivity (Wildman–Crippen MR) is 220 cm³/mol. The van der Waals surface area contributed by atoms with Gasteiger partial charge in [0.25, 0.3) is 0 Å². The van der Waals surface area contributed by atoms with Gasteiger partial charge < -0.3 is 64.6 Å². The number of hydrogen-bond donors (Lipinski definition) is 12. The summed E-state index contributed by atoms with van der Waals surface area (Å²) in [6.45, 7) is -0.370. The van der Waals surface area contributed by atoms with Crippen molar-refractivity contribution in [2.24, 2.45) is 17.2 Å². The number of aliphatic hydroxyl groups is 1. The molecule has 0 saturated carbocycles. The first-order valence-electron chi connectivity index (χ1n) is 19.7. The molecule has 1 aromatic carbocycles. The second-order valence-corrected chi connectivity index (χ2v) is 14.1. The number of phenolic OH excluding ortho intramolecular Hbond substituents is 1. The minimum Gasteiger partial charge on any atom is -0.502 e. The fourth-order valence-corrected chi connectivity index (χ4v) is 5.85. The average molecular weight is 873 g/mol. The zero-order valence-corrected chi connectivity index (χ0v) is 34.2. The van der Waals surface area contributed by atoms with E-state index in [0.717, 1.165) is 19.1 Å². The lowest BCUT2D eigenvalue weighted by atomic mass is 10.0. The van der Waals surface area contributed by atoms with Gasteiger partial charge in [0.1, 0.15) is 30.2 Å². The molecule has 0 unspecified atom stereocenters. The number of aliphatic hydroxyl groups excluding tert-OH is 1. The second-order valence-electron chi connectivity index (χ2n) is 14.1. The van der Waals surface area contributed by atoms with E-state index >= 15 is 0 Å². The summed E-state index contributed by atoms with van der Waals surface area (Å²) in [5.41, 5.74) is 16.4. The number of nitrogens with zero attached hydrogens (tertiary/aromatic N) is 2. The van der Waals surface area contributed by atoms with Crippen molar-refractivity contribution in [3.05, 3.63) is 64.0 Å². The van der Waals surface area contributed by atoms with E-state index in [2.05, 4.69) is 42.2 Å². The Hall–Kier alpha value is -6.79. The van der Waals surface area contributed by atoms with Crippen LogP contribution in [-0.2, 0) is 51.2 Å². The molecule has 5 atom stereocenters. The number of nitro benzene ring substituents is 1. The van der Waals surface area contributed by atoms with Gasteiger partial charge in [0.2, 0.25) is 47.3 Å². The summed E-state index contributed by atoms with van der Waals surface area (Å²) in [4.78, 5) is 118. The van der Waals surface area contributed by atoms with Crippen molar-refractivity contribution in [1.29, 1.82) is 0 Å². The maximum absolute atomic E-state index is 14.0. The molecule has 340 valence electrons.